The molecule has 0 spiro atoms. The van der Waals surface area contributed by atoms with E-state index in [2.05, 4.69) is 0 Å². The summed E-state index contributed by atoms with van der Waals surface area (Å²) < 4.78 is 0. The van der Waals surface area contributed by atoms with Crippen molar-refractivity contribution in [2.24, 2.45) is 0 Å². The van der Waals surface area contributed by atoms with Crippen molar-refractivity contribution in [3.8, 4) is 0 Å². The summed E-state index contributed by atoms with van der Waals surface area (Å²) in [6.45, 7) is 2.85. The Morgan fingerprint density at radius 2 is 1.60 bits per heavy atom. The first-order valence-corrected chi connectivity index (χ1v) is 2.01. The average molecular weight is 329 g/mol. The monoisotopic (exact) mass is 329 g/mol. The first kappa shape index (κ1) is 22.6. The second-order valence-electron chi connectivity index (χ2n) is 1.40. The van der Waals surface area contributed by atoms with Gasteiger partial charge in [0.05, 0.1) is 5.76 Å². The number of carbonyl (C=O) groups excluding carboxylic acids is 1. The van der Waals surface area contributed by atoms with Gasteiger partial charge in [-0.2, -0.15) is 0 Å². The Balaban J connectivity index is -0.0000000600. The molecule has 0 aliphatic heterocycles. The topological polar surface area (TPSA) is 107 Å². The maximum absolute atomic E-state index is 10.0. The summed E-state index contributed by atoms with van der Waals surface area (Å²) in [5, 5.41) is 8.36. The molecule has 7 N–H and O–H groups in total. The summed E-state index contributed by atoms with van der Waals surface area (Å²) in [7, 11) is 0. The van der Waals surface area contributed by atoms with Gasteiger partial charge in [-0.1, -0.05) is 0 Å². The van der Waals surface area contributed by atoms with Gasteiger partial charge < -0.3 is 17.4 Å². The molecule has 0 aromatic carbocycles. The van der Waals surface area contributed by atoms with E-state index in [1.807, 2.05) is 0 Å². The Bertz CT molecular complexity index is 110. The van der Waals surface area contributed by atoms with Crippen molar-refractivity contribution >= 4 is 5.78 Å². The van der Waals surface area contributed by atoms with E-state index < -0.39 is 0 Å². The number of ketones is 1. The predicted molar refractivity (Wildman–Crippen MR) is 37.1 cm³/mol. The molecule has 10 heavy (non-hydrogen) atoms. The Labute approximate surface area is 75.1 Å². The van der Waals surface area contributed by atoms with Crippen LogP contribution in [0.1, 0.15) is 13.8 Å². The van der Waals surface area contributed by atoms with E-state index in [1.165, 1.54) is 19.9 Å². The maximum Gasteiger partial charge on any atom is 0.155 e. The van der Waals surface area contributed by atoms with Crippen LogP contribution in [0, 0.1) is 0 Å². The van der Waals surface area contributed by atoms with Crippen LogP contribution in [-0.2, 0) is 25.9 Å². The molecule has 4 nitrogen and oxygen atoms in total. The van der Waals surface area contributed by atoms with Gasteiger partial charge in [0, 0.05) is 27.1 Å². The predicted octanol–water partition coefficient (Wildman–Crippen LogP) is 1.36. The molecule has 0 rings (SSSR count). The van der Waals surface area contributed by atoms with E-state index in [9.17, 15) is 4.79 Å². The summed E-state index contributed by atoms with van der Waals surface area (Å²) in [4.78, 5) is 10.0. The summed E-state index contributed by atoms with van der Waals surface area (Å²) in [6.07, 6.45) is 1.17. The quantitative estimate of drug-likeness (QED) is 0.499. The third kappa shape index (κ3) is 24.9. The molecular formula is C5H14N2O2Pt. The molecule has 0 atom stereocenters. The van der Waals surface area contributed by atoms with Crippen LogP contribution in [0.2, 0.25) is 0 Å². The van der Waals surface area contributed by atoms with E-state index in [0.717, 1.165) is 0 Å². The zero-order valence-electron chi connectivity index (χ0n) is 6.16. The van der Waals surface area contributed by atoms with Gasteiger partial charge in [-0.15, -0.1) is 0 Å². The van der Waals surface area contributed by atoms with Gasteiger partial charge >= 0.3 is 0 Å². The van der Waals surface area contributed by atoms with E-state index in [-0.39, 0.29) is 44.9 Å². The van der Waals surface area contributed by atoms with Crippen molar-refractivity contribution in [2.75, 3.05) is 0 Å². The molecule has 0 saturated heterocycles. The van der Waals surface area contributed by atoms with Crippen molar-refractivity contribution in [1.82, 2.24) is 12.3 Å². The van der Waals surface area contributed by atoms with Crippen LogP contribution in [0.15, 0.2) is 11.8 Å². The Morgan fingerprint density at radius 3 is 1.60 bits per heavy atom. The Hall–Kier alpha value is -0.182. The standard InChI is InChI=1S/C5H8O2.2H3N.Pt/c1-4(6)3-5(2)7;;;/h3,6H,1-2H3;2*1H3;/b4-3-;;;. The number of hydrogen-bond acceptors (Lipinski definition) is 4. The summed E-state index contributed by atoms with van der Waals surface area (Å²) in [5.74, 6) is -0.0625. The van der Waals surface area contributed by atoms with E-state index in [0.29, 0.717) is 0 Å². The molecular weight excluding hydrogens is 315 g/mol. The first-order chi connectivity index (χ1) is 3.13. The number of rotatable bonds is 1. The van der Waals surface area contributed by atoms with Crippen LogP contribution in [0.5, 0.6) is 0 Å². The minimum absolute atomic E-state index is 0. The van der Waals surface area contributed by atoms with Crippen molar-refractivity contribution in [3.05, 3.63) is 11.8 Å². The number of allylic oxidation sites excluding steroid dienone is 2. The third-order valence-electron chi connectivity index (χ3n) is 0.412. The van der Waals surface area contributed by atoms with E-state index in [1.54, 1.807) is 0 Å². The number of aliphatic hydroxyl groups is 1. The van der Waals surface area contributed by atoms with Gasteiger partial charge in [-0.05, 0) is 13.8 Å². The summed E-state index contributed by atoms with van der Waals surface area (Å²) >= 11 is 0. The largest absolute Gasteiger partial charge is 0.512 e. The molecule has 0 aliphatic rings. The SMILES string of the molecule is CC(=O)/C=C(/C)O.N.N.[Pt]. The van der Waals surface area contributed by atoms with Gasteiger partial charge in [-0.3, -0.25) is 4.79 Å². The normalized spacial score (nSPS) is 8.00. The molecule has 0 amide bonds. The zero-order chi connectivity index (χ0) is 5.86. The minimum atomic E-state index is -0.125. The average Bonchev–Trinajstić information content (AvgIpc) is 1.27. The van der Waals surface area contributed by atoms with Crippen LogP contribution >= 0.6 is 0 Å². The van der Waals surface area contributed by atoms with E-state index >= 15 is 0 Å². The summed E-state index contributed by atoms with van der Waals surface area (Å²) in [6, 6.07) is 0. The minimum Gasteiger partial charge on any atom is -0.512 e. The molecule has 0 heterocycles. The van der Waals surface area contributed by atoms with Crippen molar-refractivity contribution in [2.45, 2.75) is 13.8 Å². The van der Waals surface area contributed by atoms with Crippen molar-refractivity contribution in [3.63, 3.8) is 0 Å². The summed E-state index contributed by atoms with van der Waals surface area (Å²) in [5.41, 5.74) is 0. The Morgan fingerprint density at radius 1 is 1.30 bits per heavy atom. The second kappa shape index (κ2) is 11.6. The van der Waals surface area contributed by atoms with Gasteiger partial charge in [0.15, 0.2) is 5.78 Å². The Kier molecular flexibility index (Phi) is 26.1. The molecule has 0 saturated carbocycles. The molecule has 5 heteroatoms. The number of carbonyl (C=O) groups is 1. The molecule has 0 aromatic heterocycles. The van der Waals surface area contributed by atoms with Crippen LogP contribution in [-0.4, -0.2) is 10.9 Å². The zero-order valence-corrected chi connectivity index (χ0v) is 8.44. The fourth-order valence-corrected chi connectivity index (χ4v) is 0.294. The fraction of sp³-hybridized carbons (Fsp3) is 0.400. The number of hydrogen-bond donors (Lipinski definition) is 3. The van der Waals surface area contributed by atoms with Crippen molar-refractivity contribution in [1.29, 1.82) is 0 Å². The van der Waals surface area contributed by atoms with Crippen molar-refractivity contribution < 1.29 is 31.0 Å². The fourth-order valence-electron chi connectivity index (χ4n) is 0.294. The number of aliphatic hydroxyl groups excluding tert-OH is 1. The van der Waals surface area contributed by atoms with Gasteiger partial charge in [0.1, 0.15) is 0 Å². The van der Waals surface area contributed by atoms with E-state index in [4.69, 9.17) is 5.11 Å². The van der Waals surface area contributed by atoms with Crippen LogP contribution in [0.25, 0.3) is 0 Å². The van der Waals surface area contributed by atoms with Gasteiger partial charge in [-0.25, -0.2) is 0 Å². The van der Waals surface area contributed by atoms with Gasteiger partial charge in [0.25, 0.3) is 0 Å². The van der Waals surface area contributed by atoms with Gasteiger partial charge in [0.2, 0.25) is 0 Å². The third-order valence-corrected chi connectivity index (χ3v) is 0.412. The molecule has 0 radical (unpaired) electrons. The first-order valence-electron chi connectivity index (χ1n) is 2.01. The van der Waals surface area contributed by atoms with Crippen LogP contribution in [0.3, 0.4) is 0 Å². The molecule has 0 aliphatic carbocycles. The maximum atomic E-state index is 10.0. The van der Waals surface area contributed by atoms with Crippen LogP contribution < -0.4 is 12.3 Å². The second-order valence-corrected chi connectivity index (χ2v) is 1.40. The molecule has 0 fully saturated rings. The smallest absolute Gasteiger partial charge is 0.155 e. The molecule has 66 valence electrons. The molecule has 0 bridgehead atoms. The molecule has 0 aromatic rings. The van der Waals surface area contributed by atoms with Crippen LogP contribution in [0.4, 0.5) is 0 Å². The molecule has 0 unspecified atom stereocenters.